The molecule has 6 atom stereocenters. The number of phenols is 2. The highest BCUT2D eigenvalue weighted by molar-refractivity contribution is 5.90. The van der Waals surface area contributed by atoms with Gasteiger partial charge in [0.2, 0.25) is 0 Å². The summed E-state index contributed by atoms with van der Waals surface area (Å²) in [5, 5.41) is 60.5. The second-order valence-corrected chi connectivity index (χ2v) is 21.5. The summed E-state index contributed by atoms with van der Waals surface area (Å²) in [5.41, 5.74) is 11.2. The Labute approximate surface area is 429 Å². The fourth-order valence-electron chi connectivity index (χ4n) is 12.6. The molecule has 0 saturated carbocycles. The Morgan fingerprint density at radius 2 is 1.74 bits per heavy atom. The van der Waals surface area contributed by atoms with Crippen LogP contribution < -0.4 is 35.5 Å². The number of aromatic nitrogens is 1. The van der Waals surface area contributed by atoms with Crippen LogP contribution in [0.4, 0.5) is 0 Å². The van der Waals surface area contributed by atoms with Gasteiger partial charge in [0, 0.05) is 72.6 Å². The van der Waals surface area contributed by atoms with Crippen LogP contribution in [0.3, 0.4) is 0 Å². The number of ether oxygens (including phenoxy) is 4. The van der Waals surface area contributed by atoms with E-state index < -0.39 is 23.4 Å². The van der Waals surface area contributed by atoms with Gasteiger partial charge in [0.05, 0.1) is 26.0 Å². The quantitative estimate of drug-likeness (QED) is 0.0264. The summed E-state index contributed by atoms with van der Waals surface area (Å²) < 4.78 is 27.8. The lowest BCUT2D eigenvalue weighted by atomic mass is 9.62. The van der Waals surface area contributed by atoms with Crippen LogP contribution in [0.1, 0.15) is 102 Å². The lowest BCUT2D eigenvalue weighted by Gasteiger charge is -2.48. The largest absolute Gasteiger partial charge is 0.507 e. The number of aryl methyl sites for hydroxylation is 2. The number of benzene rings is 5. The smallest absolute Gasteiger partial charge is 0.161 e. The van der Waals surface area contributed by atoms with E-state index in [2.05, 4.69) is 88.6 Å². The summed E-state index contributed by atoms with van der Waals surface area (Å²) in [6.07, 6.45) is 7.25. The third kappa shape index (κ3) is 9.84. The molecule has 13 nitrogen and oxygen atoms in total. The Kier molecular flexibility index (Phi) is 14.7. The molecule has 73 heavy (non-hydrogen) atoms. The Morgan fingerprint density at radius 1 is 0.904 bits per heavy atom. The second-order valence-electron chi connectivity index (χ2n) is 21.5. The molecule has 0 bridgehead atoms. The van der Waals surface area contributed by atoms with Gasteiger partial charge in [-0.25, -0.2) is 0 Å². The number of nitrogens with one attached hydrogen (secondary N) is 5. The van der Waals surface area contributed by atoms with Gasteiger partial charge in [0.1, 0.15) is 29.0 Å². The molecule has 2 aliphatic heterocycles. The number of fused-ring (bicyclic) bond motifs is 8. The molecule has 1 aromatic heterocycles. The first-order valence-electron chi connectivity index (χ1n) is 26.1. The number of aromatic amines is 1. The standard InChI is InChI=1S/C60H73N5O8/c1-35(2)27-59(3,69)31-63-33-64-32-60(71-34-62-5)28-48-45-26-47-52(38-14-18-49-37(22-38)20-21-65-49)41(29-61-4)24-46-50(67)19-17-43(53(46)47)54(45)57-44(16-15-42(30-66)72-57)56(48)73-58(60)40-23-39(55(68)51(25-40)70-6)13-12-36-10-8-7-9-11-36/h7-11,14,17-25,35,42,47,52,58,61-69H,12-13,15-16,26-34H2,1-6H3/t42-,47-,52-,58+,59-,60-/m0/s1. The van der Waals surface area contributed by atoms with Crippen LogP contribution in [0, 0.1) is 5.92 Å². The number of H-pyrrole nitrogens is 1. The summed E-state index contributed by atoms with van der Waals surface area (Å²) in [4.78, 5) is 3.37. The molecular formula is C60H73N5O8. The summed E-state index contributed by atoms with van der Waals surface area (Å²) >= 11 is 0. The van der Waals surface area contributed by atoms with Crippen molar-refractivity contribution >= 4 is 17.0 Å². The lowest BCUT2D eigenvalue weighted by Crippen LogP contribution is -2.56. The molecule has 0 fully saturated rings. The molecule has 0 unspecified atom stereocenters. The topological polar surface area (TPSA) is 182 Å². The van der Waals surface area contributed by atoms with Crippen molar-refractivity contribution in [1.29, 1.82) is 0 Å². The van der Waals surface area contributed by atoms with Crippen LogP contribution in [-0.2, 0) is 36.8 Å². The summed E-state index contributed by atoms with van der Waals surface area (Å²) in [6.45, 7) is 7.98. The van der Waals surface area contributed by atoms with Crippen LogP contribution in [0.25, 0.3) is 28.1 Å². The van der Waals surface area contributed by atoms with Crippen molar-refractivity contribution < 1.29 is 39.4 Å². The van der Waals surface area contributed by atoms with Crippen molar-refractivity contribution in [2.24, 2.45) is 5.92 Å². The van der Waals surface area contributed by atoms with Crippen molar-refractivity contribution in [2.45, 2.75) is 101 Å². The number of hydrogen-bond donors (Lipinski definition) is 9. The third-order valence-electron chi connectivity index (χ3n) is 15.6. The Morgan fingerprint density at radius 3 is 2.51 bits per heavy atom. The van der Waals surface area contributed by atoms with Gasteiger partial charge in [0.15, 0.2) is 17.6 Å². The SMILES string of the molecule is CNCO[C@]1(CNCNC[C@@](C)(O)CC(C)C)Cc2c3c(c4c(c2O[C@@H]1c1cc(CCc2ccccc2)c(O)c(OC)c1)CC[C@@H](CO)O4)-c1ccc(O)c2c1[C@@H](C3)[C@@H](c1ccc3[nH]ccc3c1)C(CNC)=C2. The van der Waals surface area contributed by atoms with Gasteiger partial charge in [-0.3, -0.25) is 5.32 Å². The summed E-state index contributed by atoms with van der Waals surface area (Å²) in [6, 6.07) is 26.9. The van der Waals surface area contributed by atoms with Crippen molar-refractivity contribution in [1.82, 2.24) is 26.3 Å². The minimum absolute atomic E-state index is 0.0345. The van der Waals surface area contributed by atoms with E-state index in [0.29, 0.717) is 88.7 Å². The molecule has 386 valence electrons. The Balaban J connectivity index is 1.16. The molecule has 4 aliphatic rings. The fourth-order valence-corrected chi connectivity index (χ4v) is 12.6. The molecule has 9 N–H and O–H groups in total. The highest BCUT2D eigenvalue weighted by Gasteiger charge is 2.51. The van der Waals surface area contributed by atoms with Gasteiger partial charge in [0.25, 0.3) is 0 Å². The monoisotopic (exact) mass is 992 g/mol. The normalized spacial score (nSPS) is 21.6. The first-order valence-corrected chi connectivity index (χ1v) is 26.1. The molecule has 0 spiro atoms. The van der Waals surface area contributed by atoms with E-state index in [1.54, 1.807) is 7.11 Å². The minimum Gasteiger partial charge on any atom is -0.507 e. The highest BCUT2D eigenvalue weighted by atomic mass is 16.6. The number of aliphatic hydroxyl groups is 2. The molecule has 6 aromatic rings. The molecule has 0 saturated heterocycles. The van der Waals surface area contributed by atoms with Gasteiger partial charge >= 0.3 is 0 Å². The number of likely N-dealkylation sites (N-methyl/N-ethyl adjacent to an activating group) is 1. The molecule has 2 aliphatic carbocycles. The van der Waals surface area contributed by atoms with E-state index in [-0.39, 0.29) is 36.7 Å². The number of rotatable bonds is 20. The van der Waals surface area contributed by atoms with Crippen LogP contribution in [0.15, 0.2) is 90.6 Å². The van der Waals surface area contributed by atoms with Crippen LogP contribution in [0.5, 0.6) is 28.7 Å². The molecule has 10 rings (SSSR count). The average Bonchev–Trinajstić information content (AvgIpc) is 3.86. The summed E-state index contributed by atoms with van der Waals surface area (Å²) in [5.74, 6) is 2.38. The number of hydrogen-bond acceptors (Lipinski definition) is 12. The predicted molar refractivity (Wildman–Crippen MR) is 287 cm³/mol. The van der Waals surface area contributed by atoms with Crippen LogP contribution in [0.2, 0.25) is 0 Å². The Bertz CT molecular complexity index is 2990. The predicted octanol–water partition coefficient (Wildman–Crippen LogP) is 8.31. The number of methoxy groups -OCH3 is 1. The van der Waals surface area contributed by atoms with E-state index in [1.807, 2.05) is 63.6 Å². The van der Waals surface area contributed by atoms with Crippen molar-refractivity contribution in [3.63, 3.8) is 0 Å². The molecule has 13 heteroatoms. The lowest BCUT2D eigenvalue weighted by molar-refractivity contribution is -0.129. The molecule has 3 heterocycles. The van der Waals surface area contributed by atoms with Crippen molar-refractivity contribution in [3.05, 3.63) is 141 Å². The zero-order chi connectivity index (χ0) is 51.0. The first kappa shape index (κ1) is 50.6. The molecular weight excluding hydrogens is 919 g/mol. The van der Waals surface area contributed by atoms with Crippen LogP contribution >= 0.6 is 0 Å². The van der Waals surface area contributed by atoms with Crippen LogP contribution in [-0.4, -0.2) is 104 Å². The second kappa shape index (κ2) is 21.1. The number of aromatic hydroxyl groups is 2. The average molecular weight is 992 g/mol. The summed E-state index contributed by atoms with van der Waals surface area (Å²) in [7, 11) is 5.42. The maximum Gasteiger partial charge on any atom is 0.161 e. The van der Waals surface area contributed by atoms with Gasteiger partial charge in [-0.15, -0.1) is 0 Å². The van der Waals surface area contributed by atoms with Gasteiger partial charge in [-0.2, -0.15) is 0 Å². The minimum atomic E-state index is -1.05. The molecule has 0 amide bonds. The maximum atomic E-state index is 11.8. The van der Waals surface area contributed by atoms with E-state index in [4.69, 9.17) is 18.9 Å². The highest BCUT2D eigenvalue weighted by Crippen LogP contribution is 2.61. The zero-order valence-corrected chi connectivity index (χ0v) is 43.2. The fraction of sp³-hybridized carbons (Fsp3) is 0.433. The Hall–Kier alpha value is -5.90. The van der Waals surface area contributed by atoms with E-state index >= 15 is 0 Å². The maximum absolute atomic E-state index is 11.8. The zero-order valence-electron chi connectivity index (χ0n) is 43.2. The number of aliphatic hydroxyl groups excluding tert-OH is 1. The van der Waals surface area contributed by atoms with E-state index in [9.17, 15) is 20.4 Å². The molecule has 0 radical (unpaired) electrons. The number of phenolic OH excluding ortho intramolecular Hbond substituents is 2. The molecule has 5 aromatic carbocycles. The van der Waals surface area contributed by atoms with E-state index in [0.717, 1.165) is 72.3 Å². The third-order valence-corrected chi connectivity index (χ3v) is 15.6. The van der Waals surface area contributed by atoms with Gasteiger partial charge < -0.3 is 60.3 Å². The van der Waals surface area contributed by atoms with Gasteiger partial charge in [-0.05, 0) is 164 Å². The van der Waals surface area contributed by atoms with Crippen molar-refractivity contribution in [2.75, 3.05) is 60.8 Å². The van der Waals surface area contributed by atoms with Crippen molar-refractivity contribution in [3.8, 4) is 39.9 Å². The van der Waals surface area contributed by atoms with Gasteiger partial charge in [-0.1, -0.05) is 56.3 Å². The first-order chi connectivity index (χ1) is 35.3. The van der Waals surface area contributed by atoms with E-state index in [1.165, 1.54) is 11.1 Å².